The molecule has 4 aliphatic rings. The van der Waals surface area contributed by atoms with E-state index in [1.165, 1.54) is 10.0 Å². The van der Waals surface area contributed by atoms with Crippen molar-refractivity contribution in [3.8, 4) is 0 Å². The molecule has 10 heteroatoms. The van der Waals surface area contributed by atoms with Gasteiger partial charge in [-0.25, -0.2) is 19.6 Å². The van der Waals surface area contributed by atoms with Crippen molar-refractivity contribution in [1.82, 2.24) is 10.0 Å². The quantitative estimate of drug-likeness (QED) is 0.574. The Morgan fingerprint density at radius 1 is 0.824 bits per heavy atom. The monoisotopic (exact) mass is 501 g/mol. The number of nitrogens with one attached hydrogen (secondary N) is 2. The van der Waals surface area contributed by atoms with Crippen molar-refractivity contribution < 1.29 is 14.4 Å². The van der Waals surface area contributed by atoms with Gasteiger partial charge in [-0.2, -0.15) is 0 Å². The van der Waals surface area contributed by atoms with Crippen LogP contribution in [-0.4, -0.2) is 47.1 Å². The van der Waals surface area contributed by atoms with E-state index in [4.69, 9.17) is 23.2 Å². The molecule has 1 aliphatic carbocycles. The van der Waals surface area contributed by atoms with Gasteiger partial charge >= 0.3 is 12.1 Å². The molecule has 1 saturated carbocycles. The molecule has 3 aliphatic heterocycles. The number of urea groups is 2. The van der Waals surface area contributed by atoms with Gasteiger partial charge in [-0.05, 0) is 74.6 Å². The SMILES string of the molecule is O=C1C2CCC(CC2)N1c1ccc(NC(=O)N2CCCN2C(=O)Nc2ccc(Cl)cc2)cc1Cl. The normalized spacial score (nSPS) is 21.7. The zero-order valence-electron chi connectivity index (χ0n) is 18.5. The first-order valence-corrected chi connectivity index (χ1v) is 12.2. The predicted molar refractivity (Wildman–Crippen MR) is 132 cm³/mol. The molecule has 3 heterocycles. The summed E-state index contributed by atoms with van der Waals surface area (Å²) in [5.41, 5.74) is 1.77. The lowest BCUT2D eigenvalue weighted by Crippen LogP contribution is -2.52. The first-order valence-electron chi connectivity index (χ1n) is 11.5. The number of carbonyl (C=O) groups excluding carboxylic acids is 3. The van der Waals surface area contributed by atoms with Crippen LogP contribution in [0.3, 0.4) is 0 Å². The van der Waals surface area contributed by atoms with E-state index in [0.717, 1.165) is 25.7 Å². The number of halogens is 2. The van der Waals surface area contributed by atoms with Crippen LogP contribution >= 0.6 is 23.2 Å². The molecule has 4 fully saturated rings. The molecule has 0 radical (unpaired) electrons. The number of fused-ring (bicyclic) bond motifs is 3. The third-order valence-corrected chi connectivity index (χ3v) is 7.26. The highest BCUT2D eigenvalue weighted by molar-refractivity contribution is 6.34. The maximum Gasteiger partial charge on any atom is 0.340 e. The molecule has 0 aromatic heterocycles. The Kier molecular flexibility index (Phi) is 6.27. The maximum atomic E-state index is 12.9. The predicted octanol–water partition coefficient (Wildman–Crippen LogP) is 5.59. The number of carbonyl (C=O) groups is 3. The average Bonchev–Trinajstić information content (AvgIpc) is 3.33. The summed E-state index contributed by atoms with van der Waals surface area (Å²) in [6, 6.07) is 11.3. The summed E-state index contributed by atoms with van der Waals surface area (Å²) in [5.74, 6) is 0.223. The molecule has 8 nitrogen and oxygen atoms in total. The molecule has 3 saturated heterocycles. The Bertz CT molecular complexity index is 1120. The number of benzene rings is 2. The van der Waals surface area contributed by atoms with Gasteiger partial charge in [0.2, 0.25) is 5.91 Å². The number of hydrogen-bond donors (Lipinski definition) is 2. The van der Waals surface area contributed by atoms with E-state index in [1.54, 1.807) is 42.5 Å². The highest BCUT2D eigenvalue weighted by Crippen LogP contribution is 2.41. The van der Waals surface area contributed by atoms with Crippen LogP contribution in [0.4, 0.5) is 26.7 Å². The van der Waals surface area contributed by atoms with Crippen LogP contribution in [0, 0.1) is 5.92 Å². The topological polar surface area (TPSA) is 85.0 Å². The fraction of sp³-hybridized carbons (Fsp3) is 0.375. The van der Waals surface area contributed by atoms with Crippen molar-refractivity contribution in [3.63, 3.8) is 0 Å². The van der Waals surface area contributed by atoms with Crippen LogP contribution in [0.1, 0.15) is 32.1 Å². The molecule has 2 aromatic rings. The third kappa shape index (κ3) is 4.40. The Morgan fingerprint density at radius 2 is 1.41 bits per heavy atom. The number of hydrogen-bond acceptors (Lipinski definition) is 3. The first-order chi connectivity index (χ1) is 16.4. The van der Waals surface area contributed by atoms with Crippen molar-refractivity contribution >= 4 is 58.2 Å². The maximum absolute atomic E-state index is 12.9. The van der Waals surface area contributed by atoms with E-state index in [-0.39, 0.29) is 17.9 Å². The summed E-state index contributed by atoms with van der Waals surface area (Å²) < 4.78 is 0. The van der Waals surface area contributed by atoms with Crippen molar-refractivity contribution in [2.24, 2.45) is 5.92 Å². The molecule has 178 valence electrons. The largest absolute Gasteiger partial charge is 0.340 e. The zero-order valence-corrected chi connectivity index (χ0v) is 20.0. The van der Waals surface area contributed by atoms with E-state index in [1.807, 2.05) is 4.90 Å². The lowest BCUT2D eigenvalue weighted by Gasteiger charge is -2.45. The second kappa shape index (κ2) is 9.35. The van der Waals surface area contributed by atoms with Crippen LogP contribution in [-0.2, 0) is 4.79 Å². The third-order valence-electron chi connectivity index (χ3n) is 6.70. The van der Waals surface area contributed by atoms with Gasteiger partial charge in [-0.1, -0.05) is 23.2 Å². The van der Waals surface area contributed by atoms with Gasteiger partial charge in [-0.15, -0.1) is 0 Å². The summed E-state index contributed by atoms with van der Waals surface area (Å²) in [6.07, 6.45) is 4.55. The van der Waals surface area contributed by atoms with E-state index < -0.39 is 12.1 Å². The molecule has 34 heavy (non-hydrogen) atoms. The van der Waals surface area contributed by atoms with Crippen LogP contribution in [0.2, 0.25) is 10.0 Å². The molecular formula is C24H25Cl2N5O3. The first kappa shape index (κ1) is 22.8. The number of amides is 5. The fourth-order valence-corrected chi connectivity index (χ4v) is 5.39. The van der Waals surface area contributed by atoms with E-state index in [0.29, 0.717) is 46.6 Å². The highest BCUT2D eigenvalue weighted by Gasteiger charge is 2.41. The summed E-state index contributed by atoms with van der Waals surface area (Å²) in [6.45, 7) is 0.837. The number of hydrazine groups is 1. The Morgan fingerprint density at radius 3 is 2.00 bits per heavy atom. The van der Waals surface area contributed by atoms with Crippen LogP contribution in [0.25, 0.3) is 0 Å². The number of rotatable bonds is 3. The molecule has 0 spiro atoms. The summed E-state index contributed by atoms with van der Waals surface area (Å²) in [4.78, 5) is 40.3. The molecular weight excluding hydrogens is 477 g/mol. The lowest BCUT2D eigenvalue weighted by molar-refractivity contribution is -0.126. The molecule has 6 rings (SSSR count). The fourth-order valence-electron chi connectivity index (χ4n) is 5.00. The molecule has 5 amide bonds. The van der Waals surface area contributed by atoms with Gasteiger partial charge < -0.3 is 15.5 Å². The van der Waals surface area contributed by atoms with Crippen molar-refractivity contribution in [2.45, 2.75) is 38.1 Å². The smallest absolute Gasteiger partial charge is 0.308 e. The van der Waals surface area contributed by atoms with E-state index >= 15 is 0 Å². The van der Waals surface area contributed by atoms with Crippen molar-refractivity contribution in [2.75, 3.05) is 28.6 Å². The second-order valence-corrected chi connectivity index (χ2v) is 9.69. The van der Waals surface area contributed by atoms with E-state index in [9.17, 15) is 14.4 Å². The van der Waals surface area contributed by atoms with Gasteiger partial charge in [-0.3, -0.25) is 4.79 Å². The minimum absolute atomic E-state index is 0.0839. The van der Waals surface area contributed by atoms with Crippen LogP contribution in [0.5, 0.6) is 0 Å². The number of anilines is 3. The summed E-state index contributed by atoms with van der Waals surface area (Å²) >= 11 is 12.4. The standard InChI is InChI=1S/C24H25Cl2N5O3/c25-16-4-6-17(7-5-16)27-23(33)29-12-1-13-30(29)24(34)28-18-8-11-21(20(26)14-18)31-19-9-2-15(3-10-19)22(31)32/h4-8,11,14-15,19H,1-3,9-10,12-13H2,(H,27,33)(H,28,34). The molecule has 2 bridgehead atoms. The van der Waals surface area contributed by atoms with Gasteiger partial charge in [0, 0.05) is 41.4 Å². The summed E-state index contributed by atoms with van der Waals surface area (Å²) in [5, 5.41) is 9.33. The molecule has 0 unspecified atom stereocenters. The van der Waals surface area contributed by atoms with E-state index in [2.05, 4.69) is 10.6 Å². The molecule has 0 atom stereocenters. The minimum Gasteiger partial charge on any atom is -0.308 e. The Labute approximate surface area is 207 Å². The molecule has 2 aromatic carbocycles. The summed E-state index contributed by atoms with van der Waals surface area (Å²) in [7, 11) is 0. The Balaban J connectivity index is 1.25. The lowest BCUT2D eigenvalue weighted by atomic mass is 9.79. The van der Waals surface area contributed by atoms with Gasteiger partial charge in [0.15, 0.2) is 0 Å². The Hall–Kier alpha value is -2.97. The molecule has 2 N–H and O–H groups in total. The highest BCUT2D eigenvalue weighted by atomic mass is 35.5. The average molecular weight is 502 g/mol. The van der Waals surface area contributed by atoms with Crippen LogP contribution < -0.4 is 15.5 Å². The minimum atomic E-state index is -0.430. The van der Waals surface area contributed by atoms with Crippen molar-refractivity contribution in [3.05, 3.63) is 52.5 Å². The van der Waals surface area contributed by atoms with Gasteiger partial charge in [0.05, 0.1) is 10.7 Å². The number of nitrogens with zero attached hydrogens (tertiary/aromatic N) is 3. The van der Waals surface area contributed by atoms with Gasteiger partial charge in [0.1, 0.15) is 0 Å². The zero-order chi connectivity index (χ0) is 23.8. The van der Waals surface area contributed by atoms with Gasteiger partial charge in [0.25, 0.3) is 0 Å². The van der Waals surface area contributed by atoms with Crippen LogP contribution in [0.15, 0.2) is 42.5 Å². The number of piperidine rings is 2. The van der Waals surface area contributed by atoms with Crippen molar-refractivity contribution in [1.29, 1.82) is 0 Å². The second-order valence-electron chi connectivity index (χ2n) is 8.85.